The van der Waals surface area contributed by atoms with E-state index in [-0.39, 0.29) is 5.75 Å². The molecule has 0 saturated carbocycles. The molecule has 0 aliphatic rings. The molecule has 1 aromatic carbocycles. The van der Waals surface area contributed by atoms with Crippen LogP contribution in [0.4, 0.5) is 0 Å². The summed E-state index contributed by atoms with van der Waals surface area (Å²) in [6.07, 6.45) is 0.616. The molecule has 78 valence electrons. The number of alkyl halides is 1. The second kappa shape index (κ2) is 5.14. The lowest BCUT2D eigenvalue weighted by atomic mass is 10.4. The highest BCUT2D eigenvalue weighted by Crippen LogP contribution is 2.16. The van der Waals surface area contributed by atoms with Gasteiger partial charge in [-0.25, -0.2) is 8.42 Å². The Morgan fingerprint density at radius 3 is 2.29 bits per heavy atom. The summed E-state index contributed by atoms with van der Waals surface area (Å²) in [5.74, 6) is 0.167. The van der Waals surface area contributed by atoms with E-state index in [9.17, 15) is 8.42 Å². The van der Waals surface area contributed by atoms with E-state index >= 15 is 0 Å². The molecule has 0 amide bonds. The summed E-state index contributed by atoms with van der Waals surface area (Å²) in [6.45, 7) is 0. The fraction of sp³-hybridized carbons (Fsp3) is 0.333. The van der Waals surface area contributed by atoms with Gasteiger partial charge in [-0.3, -0.25) is 0 Å². The molecule has 0 aliphatic heterocycles. The SMILES string of the molecule is O=S(=O)(CCCBr)c1ccc(Cl)cc1. The van der Waals surface area contributed by atoms with E-state index in [2.05, 4.69) is 15.9 Å². The van der Waals surface area contributed by atoms with Gasteiger partial charge in [-0.15, -0.1) is 0 Å². The third-order valence-corrected chi connectivity index (χ3v) is 4.35. The second-order valence-corrected chi connectivity index (χ2v) is 6.15. The summed E-state index contributed by atoms with van der Waals surface area (Å²) < 4.78 is 23.3. The number of benzene rings is 1. The Labute approximate surface area is 97.3 Å². The molecule has 2 nitrogen and oxygen atoms in total. The Morgan fingerprint density at radius 2 is 1.79 bits per heavy atom. The fourth-order valence-electron chi connectivity index (χ4n) is 1.00. The molecule has 0 atom stereocenters. The van der Waals surface area contributed by atoms with Gasteiger partial charge < -0.3 is 0 Å². The van der Waals surface area contributed by atoms with E-state index in [4.69, 9.17) is 11.6 Å². The van der Waals surface area contributed by atoms with Crippen LogP contribution < -0.4 is 0 Å². The number of hydrogen-bond acceptors (Lipinski definition) is 2. The van der Waals surface area contributed by atoms with Gasteiger partial charge in [0, 0.05) is 10.4 Å². The molecule has 1 rings (SSSR count). The molecular formula is C9H10BrClO2S. The Balaban J connectivity index is 2.87. The van der Waals surface area contributed by atoms with Crippen molar-refractivity contribution in [2.24, 2.45) is 0 Å². The molecule has 0 bridgehead atoms. The quantitative estimate of drug-likeness (QED) is 0.801. The molecule has 0 radical (unpaired) electrons. The van der Waals surface area contributed by atoms with Crippen molar-refractivity contribution in [3.8, 4) is 0 Å². The monoisotopic (exact) mass is 296 g/mol. The standard InChI is InChI=1S/C9H10BrClO2S/c10-6-1-7-14(12,13)9-4-2-8(11)3-5-9/h2-5H,1,6-7H2. The number of sulfone groups is 1. The van der Waals surface area contributed by atoms with Gasteiger partial charge in [0.05, 0.1) is 10.6 Å². The molecule has 0 aromatic heterocycles. The topological polar surface area (TPSA) is 34.1 Å². The third-order valence-electron chi connectivity index (χ3n) is 1.72. The van der Waals surface area contributed by atoms with Crippen LogP contribution in [0.3, 0.4) is 0 Å². The van der Waals surface area contributed by atoms with E-state index in [0.717, 1.165) is 0 Å². The van der Waals surface area contributed by atoms with Crippen molar-refractivity contribution in [1.82, 2.24) is 0 Å². The predicted octanol–water partition coefficient (Wildman–Crippen LogP) is 2.90. The first-order valence-corrected chi connectivity index (χ1v) is 7.26. The Bertz CT molecular complexity index is 386. The van der Waals surface area contributed by atoms with Crippen molar-refractivity contribution in [3.63, 3.8) is 0 Å². The van der Waals surface area contributed by atoms with Crippen LogP contribution in [0.5, 0.6) is 0 Å². The van der Waals surface area contributed by atoms with Gasteiger partial charge in [-0.2, -0.15) is 0 Å². The summed E-state index contributed by atoms with van der Waals surface area (Å²) in [6, 6.07) is 6.24. The summed E-state index contributed by atoms with van der Waals surface area (Å²) in [5, 5.41) is 1.24. The minimum absolute atomic E-state index is 0.167. The van der Waals surface area contributed by atoms with E-state index in [0.29, 0.717) is 21.7 Å². The Hall–Kier alpha value is -0.0600. The molecule has 0 aliphatic carbocycles. The highest BCUT2D eigenvalue weighted by atomic mass is 79.9. The molecule has 0 spiro atoms. The van der Waals surface area contributed by atoms with Crippen LogP contribution in [0, 0.1) is 0 Å². The predicted molar refractivity (Wildman–Crippen MR) is 61.9 cm³/mol. The molecular weight excluding hydrogens is 288 g/mol. The highest BCUT2D eigenvalue weighted by Gasteiger charge is 2.12. The average molecular weight is 298 g/mol. The van der Waals surface area contributed by atoms with Gasteiger partial charge in [0.15, 0.2) is 9.84 Å². The molecule has 0 N–H and O–H groups in total. The maximum atomic E-state index is 11.6. The van der Waals surface area contributed by atoms with Crippen molar-refractivity contribution in [1.29, 1.82) is 0 Å². The van der Waals surface area contributed by atoms with E-state index in [1.165, 1.54) is 12.1 Å². The van der Waals surface area contributed by atoms with Crippen LogP contribution >= 0.6 is 27.5 Å². The van der Waals surface area contributed by atoms with Crippen LogP contribution in [0.25, 0.3) is 0 Å². The van der Waals surface area contributed by atoms with Crippen LogP contribution in [0.2, 0.25) is 5.02 Å². The first-order valence-electron chi connectivity index (χ1n) is 4.10. The Morgan fingerprint density at radius 1 is 1.21 bits per heavy atom. The van der Waals surface area contributed by atoms with Gasteiger partial charge in [0.2, 0.25) is 0 Å². The smallest absolute Gasteiger partial charge is 0.178 e. The number of halogens is 2. The minimum Gasteiger partial charge on any atom is -0.224 e. The summed E-state index contributed by atoms with van der Waals surface area (Å²) in [5.41, 5.74) is 0. The van der Waals surface area contributed by atoms with E-state index < -0.39 is 9.84 Å². The zero-order chi connectivity index (χ0) is 10.6. The number of hydrogen-bond donors (Lipinski definition) is 0. The molecule has 0 unspecified atom stereocenters. The van der Waals surface area contributed by atoms with Crippen molar-refractivity contribution in [2.45, 2.75) is 11.3 Å². The van der Waals surface area contributed by atoms with Crippen LogP contribution in [-0.4, -0.2) is 19.5 Å². The van der Waals surface area contributed by atoms with E-state index in [1.54, 1.807) is 12.1 Å². The molecule has 0 fully saturated rings. The molecule has 14 heavy (non-hydrogen) atoms. The largest absolute Gasteiger partial charge is 0.224 e. The van der Waals surface area contributed by atoms with Crippen LogP contribution in [0.15, 0.2) is 29.2 Å². The fourth-order valence-corrected chi connectivity index (χ4v) is 3.09. The lowest BCUT2D eigenvalue weighted by molar-refractivity contribution is 0.595. The molecule has 0 heterocycles. The van der Waals surface area contributed by atoms with Gasteiger partial charge in [-0.1, -0.05) is 27.5 Å². The Kier molecular flexibility index (Phi) is 4.41. The van der Waals surface area contributed by atoms with Crippen molar-refractivity contribution < 1.29 is 8.42 Å². The van der Waals surface area contributed by atoms with E-state index in [1.807, 2.05) is 0 Å². The maximum Gasteiger partial charge on any atom is 0.178 e. The molecule has 0 saturated heterocycles. The first-order chi connectivity index (χ1) is 6.56. The maximum absolute atomic E-state index is 11.6. The number of rotatable bonds is 4. The lowest BCUT2D eigenvalue weighted by Crippen LogP contribution is -2.06. The zero-order valence-corrected chi connectivity index (χ0v) is 10.6. The highest BCUT2D eigenvalue weighted by molar-refractivity contribution is 9.09. The summed E-state index contributed by atoms with van der Waals surface area (Å²) >= 11 is 8.86. The van der Waals surface area contributed by atoms with Gasteiger partial charge in [0.1, 0.15) is 0 Å². The lowest BCUT2D eigenvalue weighted by Gasteiger charge is -2.02. The molecule has 5 heteroatoms. The second-order valence-electron chi connectivity index (χ2n) is 2.82. The third kappa shape index (κ3) is 3.26. The van der Waals surface area contributed by atoms with Crippen molar-refractivity contribution in [3.05, 3.63) is 29.3 Å². The average Bonchev–Trinajstić information content (AvgIpc) is 2.16. The minimum atomic E-state index is -3.13. The summed E-state index contributed by atoms with van der Waals surface area (Å²) in [4.78, 5) is 0.336. The van der Waals surface area contributed by atoms with Crippen LogP contribution in [-0.2, 0) is 9.84 Å². The summed E-state index contributed by atoms with van der Waals surface area (Å²) in [7, 11) is -3.13. The zero-order valence-electron chi connectivity index (χ0n) is 7.41. The first kappa shape index (κ1) is 12.0. The molecule has 1 aromatic rings. The van der Waals surface area contributed by atoms with Gasteiger partial charge in [0.25, 0.3) is 0 Å². The van der Waals surface area contributed by atoms with Crippen LogP contribution in [0.1, 0.15) is 6.42 Å². The van der Waals surface area contributed by atoms with Crippen molar-refractivity contribution in [2.75, 3.05) is 11.1 Å². The normalized spacial score (nSPS) is 11.6. The van der Waals surface area contributed by atoms with Crippen molar-refractivity contribution >= 4 is 37.4 Å². The van der Waals surface area contributed by atoms with Gasteiger partial charge >= 0.3 is 0 Å². The van der Waals surface area contributed by atoms with Gasteiger partial charge in [-0.05, 0) is 30.7 Å².